The van der Waals surface area contributed by atoms with Crippen LogP contribution in [0.25, 0.3) is 0 Å². The van der Waals surface area contributed by atoms with Crippen molar-refractivity contribution in [1.82, 2.24) is 4.90 Å². The molecular formula is C18H37NO2. The van der Waals surface area contributed by atoms with Crippen molar-refractivity contribution in [2.75, 3.05) is 13.6 Å². The second-order valence-electron chi connectivity index (χ2n) is 7.19. The summed E-state index contributed by atoms with van der Waals surface area (Å²) in [5, 5.41) is 0. The Balaban J connectivity index is 4.37. The fraction of sp³-hybridized carbons (Fsp3) is 0.944. The van der Waals surface area contributed by atoms with Crippen LogP contribution in [0, 0.1) is 17.8 Å². The lowest BCUT2D eigenvalue weighted by Crippen LogP contribution is -2.37. The monoisotopic (exact) mass is 299 g/mol. The summed E-state index contributed by atoms with van der Waals surface area (Å²) < 4.78 is 5.78. The molecule has 0 saturated heterocycles. The van der Waals surface area contributed by atoms with Crippen LogP contribution in [0.15, 0.2) is 0 Å². The van der Waals surface area contributed by atoms with Crippen LogP contribution in [0.5, 0.6) is 0 Å². The number of amides is 1. The largest absolute Gasteiger partial charge is 0.446 e. The molecule has 0 rings (SSSR count). The van der Waals surface area contributed by atoms with Gasteiger partial charge in [0.2, 0.25) is 0 Å². The van der Waals surface area contributed by atoms with Crippen LogP contribution in [0.2, 0.25) is 0 Å². The quantitative estimate of drug-likeness (QED) is 0.509. The van der Waals surface area contributed by atoms with Gasteiger partial charge in [-0.15, -0.1) is 0 Å². The fourth-order valence-electron chi connectivity index (χ4n) is 2.80. The molecule has 0 bridgehead atoms. The third-order valence-corrected chi connectivity index (χ3v) is 3.92. The molecule has 0 spiro atoms. The van der Waals surface area contributed by atoms with Crippen molar-refractivity contribution in [1.29, 1.82) is 0 Å². The maximum Gasteiger partial charge on any atom is 0.409 e. The van der Waals surface area contributed by atoms with E-state index < -0.39 is 0 Å². The van der Waals surface area contributed by atoms with E-state index in [0.29, 0.717) is 17.8 Å². The maximum atomic E-state index is 12.2. The average molecular weight is 299 g/mol. The lowest BCUT2D eigenvalue weighted by atomic mass is 9.90. The Morgan fingerprint density at radius 1 is 1.05 bits per heavy atom. The van der Waals surface area contributed by atoms with Gasteiger partial charge in [0, 0.05) is 13.6 Å². The Hall–Kier alpha value is -0.730. The molecule has 0 aliphatic heterocycles. The Bertz CT molecular complexity index is 276. The van der Waals surface area contributed by atoms with Gasteiger partial charge in [-0.2, -0.15) is 0 Å². The molecule has 0 N–H and O–H groups in total. The normalized spacial score (nSPS) is 14.3. The first kappa shape index (κ1) is 20.3. The highest BCUT2D eigenvalue weighted by molar-refractivity contribution is 5.67. The average Bonchev–Trinajstić information content (AvgIpc) is 2.39. The molecule has 3 nitrogen and oxygen atoms in total. The fourth-order valence-corrected chi connectivity index (χ4v) is 2.80. The van der Waals surface area contributed by atoms with Crippen molar-refractivity contribution in [2.24, 2.45) is 17.8 Å². The Labute approximate surface area is 132 Å². The summed E-state index contributed by atoms with van der Waals surface area (Å²) in [4.78, 5) is 13.9. The first-order chi connectivity index (χ1) is 9.79. The lowest BCUT2D eigenvalue weighted by molar-refractivity contribution is 0.0143. The smallest absolute Gasteiger partial charge is 0.409 e. The summed E-state index contributed by atoms with van der Waals surface area (Å²) in [6.07, 6.45) is 6.07. The number of unbranched alkanes of at least 4 members (excludes halogenated alkanes) is 3. The Kier molecular flexibility index (Phi) is 10.5. The summed E-state index contributed by atoms with van der Waals surface area (Å²) in [6, 6.07) is 0. The van der Waals surface area contributed by atoms with E-state index in [4.69, 9.17) is 4.74 Å². The number of hydrogen-bond acceptors (Lipinski definition) is 2. The van der Waals surface area contributed by atoms with E-state index in [1.807, 2.05) is 7.05 Å². The van der Waals surface area contributed by atoms with E-state index >= 15 is 0 Å². The molecule has 0 fully saturated rings. The zero-order valence-electron chi connectivity index (χ0n) is 15.3. The molecule has 21 heavy (non-hydrogen) atoms. The number of hydrogen-bond donors (Lipinski definition) is 0. The number of carbonyl (C=O) groups is 1. The Morgan fingerprint density at radius 3 is 2.14 bits per heavy atom. The second-order valence-corrected chi connectivity index (χ2v) is 7.19. The minimum Gasteiger partial charge on any atom is -0.446 e. The molecule has 0 aromatic rings. The molecule has 0 aliphatic carbocycles. The predicted molar refractivity (Wildman–Crippen MR) is 90.5 cm³/mol. The van der Waals surface area contributed by atoms with Crippen molar-refractivity contribution in [3.05, 3.63) is 0 Å². The summed E-state index contributed by atoms with van der Waals surface area (Å²) in [5.41, 5.74) is 0. The summed E-state index contributed by atoms with van der Waals surface area (Å²) >= 11 is 0. The van der Waals surface area contributed by atoms with E-state index in [1.54, 1.807) is 4.90 Å². The molecule has 3 heteroatoms. The molecule has 0 aromatic heterocycles. The molecule has 0 saturated carbocycles. The molecule has 0 aliphatic rings. The number of nitrogens with zero attached hydrogens (tertiary/aromatic N) is 1. The molecule has 126 valence electrons. The number of rotatable bonds is 10. The number of carbonyl (C=O) groups excluding carboxylic acids is 1. The van der Waals surface area contributed by atoms with E-state index in [2.05, 4.69) is 41.5 Å². The van der Waals surface area contributed by atoms with Gasteiger partial charge < -0.3 is 9.64 Å². The van der Waals surface area contributed by atoms with Gasteiger partial charge in [0.15, 0.2) is 0 Å². The highest BCUT2D eigenvalue weighted by Crippen LogP contribution is 2.23. The van der Waals surface area contributed by atoms with Gasteiger partial charge in [-0.05, 0) is 24.2 Å². The lowest BCUT2D eigenvalue weighted by Gasteiger charge is -2.30. The van der Waals surface area contributed by atoms with Crippen molar-refractivity contribution in [2.45, 2.75) is 79.8 Å². The van der Waals surface area contributed by atoms with E-state index in [9.17, 15) is 4.79 Å². The van der Waals surface area contributed by atoms with E-state index in [1.165, 1.54) is 25.7 Å². The standard InChI is InChI=1S/C18H37NO2/c1-8-9-10-11-12-16(6)17(15(4)5)21-18(20)19(7)13-14(2)3/h14-17H,8-13H2,1-7H3. The first-order valence-corrected chi connectivity index (χ1v) is 8.71. The maximum absolute atomic E-state index is 12.2. The van der Waals surface area contributed by atoms with E-state index in [-0.39, 0.29) is 12.2 Å². The highest BCUT2D eigenvalue weighted by Gasteiger charge is 2.26. The van der Waals surface area contributed by atoms with Crippen LogP contribution in [-0.4, -0.2) is 30.7 Å². The highest BCUT2D eigenvalue weighted by atomic mass is 16.6. The van der Waals surface area contributed by atoms with E-state index in [0.717, 1.165) is 13.0 Å². The van der Waals surface area contributed by atoms with Crippen LogP contribution in [0.1, 0.15) is 73.6 Å². The van der Waals surface area contributed by atoms with Crippen molar-refractivity contribution < 1.29 is 9.53 Å². The topological polar surface area (TPSA) is 29.5 Å². The predicted octanol–water partition coefficient (Wildman–Crippen LogP) is 5.34. The summed E-state index contributed by atoms with van der Waals surface area (Å²) in [7, 11) is 1.83. The van der Waals surface area contributed by atoms with Gasteiger partial charge in [-0.3, -0.25) is 0 Å². The molecule has 0 radical (unpaired) electrons. The number of ether oxygens (including phenoxy) is 1. The molecule has 0 aromatic carbocycles. The summed E-state index contributed by atoms with van der Waals surface area (Å²) in [6.45, 7) is 13.7. The third kappa shape index (κ3) is 9.00. The molecular weight excluding hydrogens is 262 g/mol. The van der Waals surface area contributed by atoms with Crippen LogP contribution >= 0.6 is 0 Å². The SMILES string of the molecule is CCCCCCC(C)C(OC(=O)N(C)CC(C)C)C(C)C. The van der Waals surface area contributed by atoms with Crippen LogP contribution in [0.3, 0.4) is 0 Å². The van der Waals surface area contributed by atoms with Crippen molar-refractivity contribution >= 4 is 6.09 Å². The van der Waals surface area contributed by atoms with Crippen LogP contribution < -0.4 is 0 Å². The molecule has 1 amide bonds. The van der Waals surface area contributed by atoms with Crippen LogP contribution in [0.4, 0.5) is 4.79 Å². The van der Waals surface area contributed by atoms with Gasteiger partial charge in [-0.1, -0.05) is 67.2 Å². The second kappa shape index (κ2) is 10.9. The molecule has 2 atom stereocenters. The van der Waals surface area contributed by atoms with Crippen molar-refractivity contribution in [3.8, 4) is 0 Å². The molecule has 2 unspecified atom stereocenters. The summed E-state index contributed by atoms with van der Waals surface area (Å²) in [5.74, 6) is 1.26. The first-order valence-electron chi connectivity index (χ1n) is 8.71. The Morgan fingerprint density at radius 2 is 1.67 bits per heavy atom. The van der Waals surface area contributed by atoms with Gasteiger partial charge in [0.05, 0.1) is 0 Å². The van der Waals surface area contributed by atoms with Crippen LogP contribution in [-0.2, 0) is 4.74 Å². The van der Waals surface area contributed by atoms with Gasteiger partial charge in [-0.25, -0.2) is 4.79 Å². The van der Waals surface area contributed by atoms with Gasteiger partial charge in [0.25, 0.3) is 0 Å². The molecule has 0 heterocycles. The van der Waals surface area contributed by atoms with Crippen molar-refractivity contribution in [3.63, 3.8) is 0 Å². The zero-order chi connectivity index (χ0) is 16.4. The van der Waals surface area contributed by atoms with Gasteiger partial charge in [0.1, 0.15) is 6.10 Å². The zero-order valence-corrected chi connectivity index (χ0v) is 15.3. The minimum absolute atomic E-state index is 0.0220. The third-order valence-electron chi connectivity index (χ3n) is 3.92. The minimum atomic E-state index is -0.178. The van der Waals surface area contributed by atoms with Gasteiger partial charge >= 0.3 is 6.09 Å².